The van der Waals surface area contributed by atoms with Gasteiger partial charge in [0, 0.05) is 12.8 Å². The molecule has 0 radical (unpaired) electrons. The van der Waals surface area contributed by atoms with Crippen LogP contribution in [0.3, 0.4) is 0 Å². The molecule has 2 N–H and O–H groups in total. The monoisotopic (exact) mass is 333 g/mol. The maximum Gasteiger partial charge on any atom is 0.335 e. The van der Waals surface area contributed by atoms with Crippen molar-refractivity contribution in [2.45, 2.75) is 11.4 Å². The summed E-state index contributed by atoms with van der Waals surface area (Å²) >= 11 is 0. The van der Waals surface area contributed by atoms with Gasteiger partial charge in [0.1, 0.15) is 0 Å². The molecule has 0 aromatic heterocycles. The van der Waals surface area contributed by atoms with E-state index in [0.29, 0.717) is 5.56 Å². The minimum Gasteiger partial charge on any atom is -0.478 e. The van der Waals surface area contributed by atoms with E-state index in [1.54, 1.807) is 24.3 Å². The third-order valence-electron chi connectivity index (χ3n) is 3.19. The Morgan fingerprint density at radius 2 is 1.65 bits per heavy atom. The van der Waals surface area contributed by atoms with Gasteiger partial charge in [-0.1, -0.05) is 24.3 Å². The number of sulfone groups is 1. The summed E-state index contributed by atoms with van der Waals surface area (Å²) in [4.78, 5) is 22.9. The van der Waals surface area contributed by atoms with Crippen LogP contribution in [0.2, 0.25) is 0 Å². The van der Waals surface area contributed by atoms with Crippen LogP contribution in [0, 0.1) is 0 Å². The Morgan fingerprint density at radius 3 is 2.22 bits per heavy atom. The minimum absolute atomic E-state index is 0.0290. The molecule has 0 aliphatic carbocycles. The van der Waals surface area contributed by atoms with E-state index >= 15 is 0 Å². The smallest absolute Gasteiger partial charge is 0.335 e. The van der Waals surface area contributed by atoms with E-state index in [0.717, 1.165) is 6.26 Å². The summed E-state index contributed by atoms with van der Waals surface area (Å²) in [5.74, 6) is -1.53. The van der Waals surface area contributed by atoms with Crippen LogP contribution in [0.4, 0.5) is 0 Å². The predicted molar refractivity (Wildman–Crippen MR) is 84.1 cm³/mol. The molecule has 2 aromatic rings. The first-order valence-corrected chi connectivity index (χ1v) is 8.57. The molecule has 0 aliphatic rings. The van der Waals surface area contributed by atoms with Gasteiger partial charge in [-0.05, 0) is 29.8 Å². The summed E-state index contributed by atoms with van der Waals surface area (Å²) in [7, 11) is -3.50. The molecule has 2 rings (SSSR count). The molecule has 0 atom stereocenters. The average molecular weight is 333 g/mol. The lowest BCUT2D eigenvalue weighted by Gasteiger charge is -2.09. The molecule has 0 bridgehead atoms. The van der Waals surface area contributed by atoms with Gasteiger partial charge in [-0.2, -0.15) is 0 Å². The fraction of sp³-hybridized carbons (Fsp3) is 0.125. The lowest BCUT2D eigenvalue weighted by molar-refractivity contribution is 0.0696. The normalized spacial score (nSPS) is 11.0. The third-order valence-corrected chi connectivity index (χ3v) is 4.34. The highest BCUT2D eigenvalue weighted by Crippen LogP contribution is 2.15. The molecule has 23 heavy (non-hydrogen) atoms. The molecule has 0 saturated heterocycles. The van der Waals surface area contributed by atoms with Gasteiger partial charge in [-0.3, -0.25) is 4.79 Å². The second kappa shape index (κ2) is 6.62. The van der Waals surface area contributed by atoms with Gasteiger partial charge in [0.25, 0.3) is 5.91 Å². The van der Waals surface area contributed by atoms with Crippen molar-refractivity contribution in [2.24, 2.45) is 0 Å². The molecule has 6 nitrogen and oxygen atoms in total. The second-order valence-electron chi connectivity index (χ2n) is 4.95. The van der Waals surface area contributed by atoms with Crippen LogP contribution in [0.15, 0.2) is 53.4 Å². The number of carboxylic acids is 1. The van der Waals surface area contributed by atoms with Crippen molar-refractivity contribution in [2.75, 3.05) is 6.26 Å². The third kappa shape index (κ3) is 4.17. The van der Waals surface area contributed by atoms with Crippen LogP contribution >= 0.6 is 0 Å². The van der Waals surface area contributed by atoms with Crippen molar-refractivity contribution < 1.29 is 23.1 Å². The van der Waals surface area contributed by atoms with E-state index < -0.39 is 21.7 Å². The molecule has 0 unspecified atom stereocenters. The van der Waals surface area contributed by atoms with Crippen molar-refractivity contribution in [3.05, 3.63) is 65.2 Å². The molecule has 0 saturated carbocycles. The molecule has 2 aromatic carbocycles. The molecule has 0 aliphatic heterocycles. The zero-order chi connectivity index (χ0) is 17.0. The van der Waals surface area contributed by atoms with E-state index in [-0.39, 0.29) is 22.6 Å². The lowest BCUT2D eigenvalue weighted by Crippen LogP contribution is -2.24. The SMILES string of the molecule is CS(=O)(=O)c1ccccc1C(=O)NCc1ccc(C(=O)O)cc1. The van der Waals surface area contributed by atoms with E-state index in [4.69, 9.17) is 5.11 Å². The van der Waals surface area contributed by atoms with E-state index in [9.17, 15) is 18.0 Å². The summed E-state index contributed by atoms with van der Waals surface area (Å²) in [5.41, 5.74) is 0.944. The number of nitrogens with one attached hydrogen (secondary N) is 1. The number of amides is 1. The van der Waals surface area contributed by atoms with Crippen molar-refractivity contribution in [1.82, 2.24) is 5.32 Å². The highest BCUT2D eigenvalue weighted by Gasteiger charge is 2.17. The van der Waals surface area contributed by atoms with Crippen LogP contribution in [0.25, 0.3) is 0 Å². The number of carbonyl (C=O) groups excluding carboxylic acids is 1. The first-order valence-electron chi connectivity index (χ1n) is 6.68. The van der Waals surface area contributed by atoms with Gasteiger partial charge >= 0.3 is 5.97 Å². The summed E-state index contributed by atoms with van der Waals surface area (Å²) in [6.45, 7) is 0.164. The van der Waals surface area contributed by atoms with Crippen molar-refractivity contribution in [3.8, 4) is 0 Å². The van der Waals surface area contributed by atoms with Crippen molar-refractivity contribution in [3.63, 3.8) is 0 Å². The molecular formula is C16H15NO5S. The van der Waals surface area contributed by atoms with E-state index in [1.807, 2.05) is 0 Å². The van der Waals surface area contributed by atoms with Gasteiger partial charge in [0.15, 0.2) is 9.84 Å². The van der Waals surface area contributed by atoms with Crippen LogP contribution < -0.4 is 5.32 Å². The highest BCUT2D eigenvalue weighted by atomic mass is 32.2. The Bertz CT molecular complexity index is 841. The largest absolute Gasteiger partial charge is 0.478 e. The number of hydrogen-bond donors (Lipinski definition) is 2. The zero-order valence-electron chi connectivity index (χ0n) is 12.3. The van der Waals surface area contributed by atoms with Crippen LogP contribution in [0.1, 0.15) is 26.3 Å². The topological polar surface area (TPSA) is 101 Å². The molecule has 120 valence electrons. The summed E-state index contributed by atoms with van der Waals surface area (Å²) in [6, 6.07) is 12.0. The molecule has 7 heteroatoms. The summed E-state index contributed by atoms with van der Waals surface area (Å²) in [5, 5.41) is 11.4. The quantitative estimate of drug-likeness (QED) is 0.867. The number of carbonyl (C=O) groups is 2. The second-order valence-corrected chi connectivity index (χ2v) is 6.94. The number of rotatable bonds is 5. The van der Waals surface area contributed by atoms with Gasteiger partial charge in [0.05, 0.1) is 16.0 Å². The maximum absolute atomic E-state index is 12.2. The van der Waals surface area contributed by atoms with E-state index in [1.165, 1.54) is 24.3 Å². The number of carboxylic acid groups (broad SMARTS) is 1. The van der Waals surface area contributed by atoms with Crippen LogP contribution in [-0.2, 0) is 16.4 Å². The Balaban J connectivity index is 2.13. The fourth-order valence-electron chi connectivity index (χ4n) is 2.02. The maximum atomic E-state index is 12.2. The first kappa shape index (κ1) is 16.7. The van der Waals surface area contributed by atoms with Gasteiger partial charge < -0.3 is 10.4 Å². The standard InChI is InChI=1S/C16H15NO5S/c1-23(21,22)14-5-3-2-4-13(14)15(18)17-10-11-6-8-12(9-7-11)16(19)20/h2-9H,10H2,1H3,(H,17,18)(H,19,20). The minimum atomic E-state index is -3.50. The van der Waals surface area contributed by atoms with Crippen molar-refractivity contribution in [1.29, 1.82) is 0 Å². The van der Waals surface area contributed by atoms with Crippen molar-refractivity contribution >= 4 is 21.7 Å². The highest BCUT2D eigenvalue weighted by molar-refractivity contribution is 7.90. The summed E-state index contributed by atoms with van der Waals surface area (Å²) < 4.78 is 23.4. The average Bonchev–Trinajstić information content (AvgIpc) is 2.52. The molecule has 0 spiro atoms. The van der Waals surface area contributed by atoms with Gasteiger partial charge in [-0.15, -0.1) is 0 Å². The molecule has 0 heterocycles. The van der Waals surface area contributed by atoms with E-state index in [2.05, 4.69) is 5.32 Å². The van der Waals surface area contributed by atoms with Gasteiger partial charge in [0.2, 0.25) is 0 Å². The molecule has 0 fully saturated rings. The molecular weight excluding hydrogens is 318 g/mol. The number of hydrogen-bond acceptors (Lipinski definition) is 4. The Hall–Kier alpha value is -2.67. The number of benzene rings is 2. The summed E-state index contributed by atoms with van der Waals surface area (Å²) in [6.07, 6.45) is 1.05. The fourth-order valence-corrected chi connectivity index (χ4v) is 2.91. The first-order chi connectivity index (χ1) is 10.8. The Kier molecular flexibility index (Phi) is 4.80. The molecule has 1 amide bonds. The lowest BCUT2D eigenvalue weighted by atomic mass is 10.1. The Morgan fingerprint density at radius 1 is 1.04 bits per heavy atom. The Labute approximate surface area is 133 Å². The number of aromatic carboxylic acids is 1. The van der Waals surface area contributed by atoms with Crippen LogP contribution in [0.5, 0.6) is 0 Å². The van der Waals surface area contributed by atoms with Crippen LogP contribution in [-0.4, -0.2) is 31.7 Å². The van der Waals surface area contributed by atoms with Gasteiger partial charge in [-0.25, -0.2) is 13.2 Å². The zero-order valence-corrected chi connectivity index (χ0v) is 13.1. The predicted octanol–water partition coefficient (Wildman–Crippen LogP) is 1.72.